The lowest BCUT2D eigenvalue weighted by molar-refractivity contribution is -0.121. The molecule has 3 rings (SSSR count). The van der Waals surface area contributed by atoms with Gasteiger partial charge in [0.1, 0.15) is 5.75 Å². The van der Waals surface area contributed by atoms with Gasteiger partial charge in [-0.25, -0.2) is 18.6 Å². The van der Waals surface area contributed by atoms with Crippen LogP contribution in [-0.2, 0) is 14.8 Å². The van der Waals surface area contributed by atoms with E-state index < -0.39 is 22.0 Å². The van der Waals surface area contributed by atoms with Gasteiger partial charge < -0.3 is 4.74 Å². The molecule has 0 aliphatic carbocycles. The average molecular weight is 508 g/mol. The van der Waals surface area contributed by atoms with Crippen molar-refractivity contribution in [3.05, 3.63) is 94.5 Å². The van der Waals surface area contributed by atoms with Gasteiger partial charge in [-0.2, -0.15) is 5.10 Å². The number of hydrazone groups is 1. The number of carbonyl (C=O) groups is 1. The van der Waals surface area contributed by atoms with Crippen molar-refractivity contribution in [2.75, 3.05) is 7.11 Å². The van der Waals surface area contributed by atoms with E-state index in [4.69, 9.17) is 4.74 Å². The van der Waals surface area contributed by atoms with E-state index in [1.54, 1.807) is 61.9 Å². The van der Waals surface area contributed by atoms with Crippen molar-refractivity contribution >= 4 is 22.1 Å². The van der Waals surface area contributed by atoms with Crippen molar-refractivity contribution < 1.29 is 17.9 Å². The van der Waals surface area contributed by atoms with E-state index >= 15 is 0 Å². The van der Waals surface area contributed by atoms with Gasteiger partial charge in [0.2, 0.25) is 15.9 Å². The van der Waals surface area contributed by atoms with E-state index in [9.17, 15) is 13.2 Å². The molecule has 7 nitrogen and oxygen atoms in total. The number of methoxy groups -OCH3 is 1. The van der Waals surface area contributed by atoms with Gasteiger partial charge in [-0.15, -0.1) is 0 Å². The normalized spacial score (nSPS) is 12.6. The molecule has 0 aromatic heterocycles. The molecule has 0 fully saturated rings. The molecule has 190 valence electrons. The zero-order valence-corrected chi connectivity index (χ0v) is 22.1. The molecular formula is C28H33N3O4S. The monoisotopic (exact) mass is 507 g/mol. The molecule has 0 radical (unpaired) electrons. The van der Waals surface area contributed by atoms with E-state index in [-0.39, 0.29) is 17.2 Å². The fourth-order valence-electron chi connectivity index (χ4n) is 3.77. The lowest BCUT2D eigenvalue weighted by atomic mass is 9.97. The van der Waals surface area contributed by atoms with Crippen LogP contribution in [0.2, 0.25) is 0 Å². The molecule has 0 heterocycles. The van der Waals surface area contributed by atoms with Crippen LogP contribution in [0.1, 0.15) is 60.0 Å². The van der Waals surface area contributed by atoms with Crippen molar-refractivity contribution in [1.29, 1.82) is 0 Å². The molecule has 1 atom stereocenters. The summed E-state index contributed by atoms with van der Waals surface area (Å²) >= 11 is 0. The molecule has 8 heteroatoms. The molecule has 2 N–H and O–H groups in total. The van der Waals surface area contributed by atoms with E-state index in [0.29, 0.717) is 5.56 Å². The molecule has 0 spiro atoms. The fourth-order valence-corrected chi connectivity index (χ4v) is 5.00. The number of nitrogens with zero attached hydrogens (tertiary/aromatic N) is 1. The average Bonchev–Trinajstić information content (AvgIpc) is 2.85. The Morgan fingerprint density at radius 1 is 1.03 bits per heavy atom. The number of nitrogens with one attached hydrogen (secondary N) is 2. The molecule has 0 saturated carbocycles. The van der Waals surface area contributed by atoms with E-state index in [2.05, 4.69) is 29.1 Å². The molecule has 1 amide bonds. The summed E-state index contributed by atoms with van der Waals surface area (Å²) in [5, 5.41) is 4.13. The third kappa shape index (κ3) is 7.02. The predicted octanol–water partition coefficient (Wildman–Crippen LogP) is 5.00. The van der Waals surface area contributed by atoms with Crippen LogP contribution in [0.4, 0.5) is 0 Å². The quantitative estimate of drug-likeness (QED) is 0.298. The first kappa shape index (κ1) is 27.1. The Hall–Kier alpha value is -3.49. The number of aryl methyl sites for hydroxylation is 2. The highest BCUT2D eigenvalue weighted by Gasteiger charge is 2.23. The zero-order chi connectivity index (χ0) is 26.3. The highest BCUT2D eigenvalue weighted by Crippen LogP contribution is 2.29. The van der Waals surface area contributed by atoms with Crippen LogP contribution >= 0.6 is 0 Å². The summed E-state index contributed by atoms with van der Waals surface area (Å²) in [7, 11) is -2.20. The van der Waals surface area contributed by atoms with Crippen LogP contribution in [0.25, 0.3) is 0 Å². The van der Waals surface area contributed by atoms with E-state index in [1.807, 2.05) is 32.0 Å². The van der Waals surface area contributed by atoms with Gasteiger partial charge in [-0.3, -0.25) is 4.79 Å². The predicted molar refractivity (Wildman–Crippen MR) is 143 cm³/mol. The van der Waals surface area contributed by atoms with E-state index in [0.717, 1.165) is 28.0 Å². The Morgan fingerprint density at radius 2 is 1.69 bits per heavy atom. The van der Waals surface area contributed by atoms with Gasteiger partial charge in [-0.1, -0.05) is 61.9 Å². The number of hydrogen-bond donors (Lipinski definition) is 2. The molecule has 0 bridgehead atoms. The van der Waals surface area contributed by atoms with Gasteiger partial charge in [0.25, 0.3) is 0 Å². The van der Waals surface area contributed by atoms with Crippen molar-refractivity contribution in [3.63, 3.8) is 0 Å². The second-order valence-electron chi connectivity index (χ2n) is 9.00. The minimum atomic E-state index is -3.84. The summed E-state index contributed by atoms with van der Waals surface area (Å²) in [6.07, 6.45) is 1.47. The zero-order valence-electron chi connectivity index (χ0n) is 21.3. The lowest BCUT2D eigenvalue weighted by Gasteiger charge is -2.18. The molecule has 3 aromatic rings. The molecule has 0 saturated heterocycles. The maximum absolute atomic E-state index is 13.0. The Balaban J connectivity index is 1.76. The van der Waals surface area contributed by atoms with Gasteiger partial charge in [0.05, 0.1) is 24.3 Å². The van der Waals surface area contributed by atoms with E-state index in [1.165, 1.54) is 0 Å². The van der Waals surface area contributed by atoms with Crippen LogP contribution < -0.4 is 14.9 Å². The number of ether oxygens (including phenoxy) is 1. The molecule has 0 aliphatic rings. The maximum atomic E-state index is 13.0. The molecule has 36 heavy (non-hydrogen) atoms. The van der Waals surface area contributed by atoms with Crippen molar-refractivity contribution in [2.24, 2.45) is 5.10 Å². The van der Waals surface area contributed by atoms with Crippen molar-refractivity contribution in [3.8, 4) is 5.75 Å². The minimum Gasteiger partial charge on any atom is -0.496 e. The molecular weight excluding hydrogens is 474 g/mol. The first-order valence-corrected chi connectivity index (χ1v) is 13.2. The van der Waals surface area contributed by atoms with Crippen LogP contribution in [0, 0.1) is 13.8 Å². The summed E-state index contributed by atoms with van der Waals surface area (Å²) in [5.74, 6) is 0.660. The SMILES string of the molecule is COc1cc(C)c(/C=N\NC(=O)C[C@@H](NS(=O)(=O)c2ccc(C)cc2)c2ccccc2)cc1C(C)C. The van der Waals surface area contributed by atoms with Crippen LogP contribution in [-0.4, -0.2) is 27.6 Å². The Kier molecular flexibility index (Phi) is 9.01. The van der Waals surface area contributed by atoms with Crippen molar-refractivity contribution in [1.82, 2.24) is 10.1 Å². The third-order valence-electron chi connectivity index (χ3n) is 5.85. The molecule has 0 unspecified atom stereocenters. The summed E-state index contributed by atoms with van der Waals surface area (Å²) in [6, 6.07) is 18.8. The first-order chi connectivity index (χ1) is 17.1. The summed E-state index contributed by atoms with van der Waals surface area (Å²) in [4.78, 5) is 12.9. The maximum Gasteiger partial charge on any atom is 0.242 e. The second kappa shape index (κ2) is 12.0. The van der Waals surface area contributed by atoms with Gasteiger partial charge in [0.15, 0.2) is 0 Å². The summed E-state index contributed by atoms with van der Waals surface area (Å²) in [6.45, 7) is 7.99. The largest absolute Gasteiger partial charge is 0.496 e. The van der Waals surface area contributed by atoms with Gasteiger partial charge in [0, 0.05) is 6.42 Å². The highest BCUT2D eigenvalue weighted by atomic mass is 32.2. The Bertz CT molecular complexity index is 1320. The minimum absolute atomic E-state index is 0.120. The lowest BCUT2D eigenvalue weighted by Crippen LogP contribution is -2.32. The fraction of sp³-hybridized carbons (Fsp3) is 0.286. The number of rotatable bonds is 10. The second-order valence-corrected chi connectivity index (χ2v) is 10.7. The van der Waals surface area contributed by atoms with Crippen LogP contribution in [0.5, 0.6) is 5.75 Å². The number of hydrogen-bond acceptors (Lipinski definition) is 5. The number of carbonyl (C=O) groups excluding carboxylic acids is 1. The topological polar surface area (TPSA) is 96.9 Å². The highest BCUT2D eigenvalue weighted by molar-refractivity contribution is 7.89. The Labute approximate surface area is 213 Å². The number of benzene rings is 3. The standard InChI is InChI=1S/C28H33N3O4S/c1-19(2)25-16-23(21(4)15-27(25)35-5)18-29-30-28(32)17-26(22-9-7-6-8-10-22)31-36(33,34)24-13-11-20(3)12-14-24/h6-16,18-19,26,31H,17H2,1-5H3,(H,30,32)/b29-18-/t26-/m1/s1. The van der Waals surface area contributed by atoms with Crippen LogP contribution in [0.3, 0.4) is 0 Å². The Morgan fingerprint density at radius 3 is 2.31 bits per heavy atom. The molecule has 3 aromatic carbocycles. The summed E-state index contributed by atoms with van der Waals surface area (Å²) in [5.41, 5.74) is 7.04. The smallest absolute Gasteiger partial charge is 0.242 e. The van der Waals surface area contributed by atoms with Crippen molar-refractivity contribution in [2.45, 2.75) is 51.0 Å². The summed E-state index contributed by atoms with van der Waals surface area (Å²) < 4.78 is 34.2. The number of sulfonamides is 1. The number of amides is 1. The first-order valence-electron chi connectivity index (χ1n) is 11.7. The van der Waals surface area contributed by atoms with Crippen LogP contribution in [0.15, 0.2) is 76.7 Å². The molecule has 0 aliphatic heterocycles. The third-order valence-corrected chi connectivity index (χ3v) is 7.34. The van der Waals surface area contributed by atoms with Gasteiger partial charge >= 0.3 is 0 Å². The van der Waals surface area contributed by atoms with Gasteiger partial charge in [-0.05, 0) is 66.3 Å².